The second-order valence-electron chi connectivity index (χ2n) is 8.97. The molecule has 1 N–H and O–H groups in total. The van der Waals surface area contributed by atoms with Crippen LogP contribution in [-0.4, -0.2) is 25.1 Å². The molecule has 1 aliphatic carbocycles. The summed E-state index contributed by atoms with van der Waals surface area (Å²) < 4.78 is 39.2. The van der Waals surface area contributed by atoms with Crippen molar-refractivity contribution < 1.29 is 17.6 Å². The first-order valence-electron chi connectivity index (χ1n) is 11.6. The minimum Gasteiger partial charge on any atom is -0.317 e. The molecule has 5 nitrogen and oxygen atoms in total. The van der Waals surface area contributed by atoms with Gasteiger partial charge in [-0.05, 0) is 73.6 Å². The fourth-order valence-corrected chi connectivity index (χ4v) is 8.26. The Labute approximate surface area is 212 Å². The van der Waals surface area contributed by atoms with Gasteiger partial charge in [-0.3, -0.25) is 4.79 Å². The summed E-state index contributed by atoms with van der Waals surface area (Å²) in [7, 11) is -3.57. The highest BCUT2D eigenvalue weighted by Gasteiger charge is 2.27. The molecule has 1 aliphatic rings. The molecule has 2 aromatic carbocycles. The number of benzene rings is 2. The summed E-state index contributed by atoms with van der Waals surface area (Å²) in [5, 5.41) is 4.77. The van der Waals surface area contributed by atoms with Crippen LogP contribution in [0.2, 0.25) is 0 Å². The lowest BCUT2D eigenvalue weighted by Crippen LogP contribution is -2.14. The van der Waals surface area contributed by atoms with Crippen molar-refractivity contribution in [3.05, 3.63) is 64.8 Å². The molecule has 5 rings (SSSR count). The number of carbonyl (C=O) groups is 1. The highest BCUT2D eigenvalue weighted by atomic mass is 32.2. The third-order valence-electron chi connectivity index (χ3n) is 6.26. The summed E-state index contributed by atoms with van der Waals surface area (Å²) in [5.41, 5.74) is 3.24. The predicted molar refractivity (Wildman–Crippen MR) is 140 cm³/mol. The van der Waals surface area contributed by atoms with Gasteiger partial charge in [0.05, 0.1) is 20.9 Å². The average Bonchev–Trinajstić information content (AvgIpc) is 3.39. The number of hydrogen-bond donors (Lipinski definition) is 1. The Morgan fingerprint density at radius 1 is 1.14 bits per heavy atom. The number of para-hydroxylation sites is 1. The zero-order chi connectivity index (χ0) is 24.6. The number of thiophene rings is 1. The maximum atomic E-state index is 13.1. The van der Waals surface area contributed by atoms with Crippen molar-refractivity contribution in [1.82, 2.24) is 4.98 Å². The van der Waals surface area contributed by atoms with E-state index < -0.39 is 15.7 Å². The van der Waals surface area contributed by atoms with E-state index in [2.05, 4.69) is 18.3 Å². The summed E-state index contributed by atoms with van der Waals surface area (Å²) in [6.45, 7) is 2.25. The third kappa shape index (κ3) is 5.17. The Hall–Kier alpha value is -2.62. The predicted octanol–water partition coefficient (Wildman–Crippen LogP) is 6.48. The first kappa shape index (κ1) is 24.1. The fraction of sp³-hybridized carbons (Fsp3) is 0.308. The van der Waals surface area contributed by atoms with E-state index >= 15 is 0 Å². The van der Waals surface area contributed by atoms with E-state index in [1.807, 2.05) is 18.2 Å². The van der Waals surface area contributed by atoms with Gasteiger partial charge in [-0.25, -0.2) is 17.8 Å². The Balaban J connectivity index is 1.34. The lowest BCUT2D eigenvalue weighted by molar-refractivity contribution is -0.116. The van der Waals surface area contributed by atoms with Crippen LogP contribution in [0.4, 0.5) is 9.39 Å². The molecule has 1 unspecified atom stereocenters. The molecular formula is C26H25FN2O3S3. The number of anilines is 1. The van der Waals surface area contributed by atoms with Gasteiger partial charge < -0.3 is 5.32 Å². The molecule has 0 spiro atoms. The SMILES string of the molecule is CC1CCc2c(sc(NC(=O)CCCS(=O)(=O)c3ccc(F)cc3)c2-c2nc3ccccc3s2)C1. The molecule has 4 aromatic rings. The van der Waals surface area contributed by atoms with Crippen LogP contribution in [0.1, 0.15) is 36.6 Å². The molecule has 0 radical (unpaired) electrons. The molecule has 1 atom stereocenters. The number of fused-ring (bicyclic) bond motifs is 2. The first-order chi connectivity index (χ1) is 16.8. The highest BCUT2D eigenvalue weighted by Crippen LogP contribution is 2.47. The summed E-state index contributed by atoms with van der Waals surface area (Å²) in [4.78, 5) is 19.1. The van der Waals surface area contributed by atoms with Crippen molar-refractivity contribution in [1.29, 1.82) is 0 Å². The van der Waals surface area contributed by atoms with E-state index in [-0.39, 0.29) is 29.4 Å². The molecule has 2 aromatic heterocycles. The van der Waals surface area contributed by atoms with Gasteiger partial charge in [0.15, 0.2) is 9.84 Å². The number of nitrogens with zero attached hydrogens (tertiary/aromatic N) is 1. The smallest absolute Gasteiger partial charge is 0.225 e. The van der Waals surface area contributed by atoms with E-state index in [0.717, 1.165) is 57.2 Å². The number of rotatable bonds is 7. The van der Waals surface area contributed by atoms with Crippen LogP contribution in [0.15, 0.2) is 53.4 Å². The first-order valence-corrected chi connectivity index (χ1v) is 14.9. The number of hydrogen-bond acceptors (Lipinski definition) is 6. The molecule has 182 valence electrons. The monoisotopic (exact) mass is 528 g/mol. The largest absolute Gasteiger partial charge is 0.317 e. The van der Waals surface area contributed by atoms with Crippen molar-refractivity contribution in [3.8, 4) is 10.6 Å². The van der Waals surface area contributed by atoms with Crippen LogP contribution in [-0.2, 0) is 27.5 Å². The van der Waals surface area contributed by atoms with Gasteiger partial charge in [0.1, 0.15) is 15.8 Å². The zero-order valence-electron chi connectivity index (χ0n) is 19.2. The molecule has 9 heteroatoms. The molecule has 35 heavy (non-hydrogen) atoms. The second-order valence-corrected chi connectivity index (χ2v) is 13.2. The number of halogens is 1. The van der Waals surface area contributed by atoms with Gasteiger partial charge in [0.2, 0.25) is 5.91 Å². The molecule has 0 aliphatic heterocycles. The van der Waals surface area contributed by atoms with E-state index in [1.54, 1.807) is 22.7 Å². The van der Waals surface area contributed by atoms with Crippen molar-refractivity contribution >= 4 is 53.6 Å². The standard InChI is InChI=1S/C26H25FN2O3S3/c1-16-8-13-19-22(15-16)34-26(24(19)25-28-20-5-2-3-6-21(20)33-25)29-23(30)7-4-14-35(31,32)18-11-9-17(27)10-12-18/h2-3,5-6,9-12,16H,4,7-8,13-15H2,1H3,(H,29,30). The average molecular weight is 529 g/mol. The lowest BCUT2D eigenvalue weighted by Gasteiger charge is -2.18. The lowest BCUT2D eigenvalue weighted by atomic mass is 9.88. The van der Waals surface area contributed by atoms with Gasteiger partial charge in [0, 0.05) is 16.9 Å². The Morgan fingerprint density at radius 2 is 1.91 bits per heavy atom. The number of nitrogens with one attached hydrogen (secondary N) is 1. The van der Waals surface area contributed by atoms with Crippen LogP contribution < -0.4 is 5.32 Å². The van der Waals surface area contributed by atoms with E-state index in [0.29, 0.717) is 5.92 Å². The minimum atomic E-state index is -3.57. The van der Waals surface area contributed by atoms with Crippen molar-refractivity contribution in [2.45, 2.75) is 43.9 Å². The van der Waals surface area contributed by atoms with Gasteiger partial charge in [0.25, 0.3) is 0 Å². The van der Waals surface area contributed by atoms with Crippen molar-refractivity contribution in [2.24, 2.45) is 5.92 Å². The number of thiazole rings is 1. The quantitative estimate of drug-likeness (QED) is 0.279. The molecule has 0 fully saturated rings. The zero-order valence-corrected chi connectivity index (χ0v) is 21.7. The molecule has 0 saturated heterocycles. The molecule has 0 bridgehead atoms. The highest BCUT2D eigenvalue weighted by molar-refractivity contribution is 7.91. The molecule has 2 heterocycles. The summed E-state index contributed by atoms with van der Waals surface area (Å²) >= 11 is 3.24. The van der Waals surface area contributed by atoms with E-state index in [9.17, 15) is 17.6 Å². The number of amides is 1. The number of sulfone groups is 1. The van der Waals surface area contributed by atoms with Crippen LogP contribution >= 0.6 is 22.7 Å². The summed E-state index contributed by atoms with van der Waals surface area (Å²) in [6.07, 6.45) is 3.33. The van der Waals surface area contributed by atoms with E-state index in [4.69, 9.17) is 4.98 Å². The van der Waals surface area contributed by atoms with Crippen LogP contribution in [0, 0.1) is 11.7 Å². The van der Waals surface area contributed by atoms with Crippen LogP contribution in [0.3, 0.4) is 0 Å². The molecule has 1 amide bonds. The maximum absolute atomic E-state index is 13.1. The Kier molecular flexibility index (Phi) is 6.74. The Bertz CT molecular complexity index is 1460. The number of carbonyl (C=O) groups excluding carboxylic acids is 1. The molecule has 0 saturated carbocycles. The summed E-state index contributed by atoms with van der Waals surface area (Å²) in [6, 6.07) is 12.8. The van der Waals surface area contributed by atoms with Crippen LogP contribution in [0.25, 0.3) is 20.8 Å². The van der Waals surface area contributed by atoms with Gasteiger partial charge in [-0.2, -0.15) is 0 Å². The van der Waals surface area contributed by atoms with Gasteiger partial charge in [-0.1, -0.05) is 19.1 Å². The van der Waals surface area contributed by atoms with Crippen molar-refractivity contribution in [3.63, 3.8) is 0 Å². The second kappa shape index (κ2) is 9.79. The van der Waals surface area contributed by atoms with E-state index in [1.165, 1.54) is 22.6 Å². The Morgan fingerprint density at radius 3 is 2.69 bits per heavy atom. The topological polar surface area (TPSA) is 76.1 Å². The fourth-order valence-electron chi connectivity index (χ4n) is 4.42. The molecular weight excluding hydrogens is 503 g/mol. The summed E-state index contributed by atoms with van der Waals surface area (Å²) in [5.74, 6) is -0.270. The third-order valence-corrected chi connectivity index (χ3v) is 10.3. The normalized spacial score (nSPS) is 15.8. The van der Waals surface area contributed by atoms with Gasteiger partial charge in [-0.15, -0.1) is 22.7 Å². The van der Waals surface area contributed by atoms with Gasteiger partial charge >= 0.3 is 0 Å². The van der Waals surface area contributed by atoms with Crippen molar-refractivity contribution in [2.75, 3.05) is 11.1 Å². The maximum Gasteiger partial charge on any atom is 0.225 e. The minimum absolute atomic E-state index is 0.0671. The number of aromatic nitrogens is 1. The van der Waals surface area contributed by atoms with Crippen LogP contribution in [0.5, 0.6) is 0 Å².